The molecule has 3 heterocycles. The van der Waals surface area contributed by atoms with E-state index in [2.05, 4.69) is 15.0 Å². The molecule has 4 rings (SSSR count). The second kappa shape index (κ2) is 7.19. The molecule has 2 aromatic heterocycles. The molecule has 0 aliphatic carbocycles. The van der Waals surface area contributed by atoms with Crippen LogP contribution in [0.1, 0.15) is 29.2 Å². The molecule has 1 aromatic carbocycles. The average molecular weight is 352 g/mol. The first-order chi connectivity index (χ1) is 12.3. The number of carbonyl (C=O) groups is 1. The van der Waals surface area contributed by atoms with Gasteiger partial charge in [-0.15, -0.1) is 11.3 Å². The van der Waals surface area contributed by atoms with E-state index >= 15 is 0 Å². The number of imidazole rings is 1. The molecule has 0 bridgehead atoms. The van der Waals surface area contributed by atoms with E-state index < -0.39 is 0 Å². The third-order valence-electron chi connectivity index (χ3n) is 4.74. The summed E-state index contributed by atoms with van der Waals surface area (Å²) in [7, 11) is 0. The van der Waals surface area contributed by atoms with Gasteiger partial charge in [-0.3, -0.25) is 4.79 Å². The van der Waals surface area contributed by atoms with Crippen LogP contribution in [0.15, 0.2) is 48.2 Å². The van der Waals surface area contributed by atoms with Gasteiger partial charge in [-0.2, -0.15) is 0 Å². The zero-order chi connectivity index (χ0) is 17.1. The topological polar surface area (TPSA) is 61.9 Å². The van der Waals surface area contributed by atoms with E-state index in [4.69, 9.17) is 0 Å². The molecule has 1 fully saturated rings. The van der Waals surface area contributed by atoms with Gasteiger partial charge in [0.05, 0.1) is 10.4 Å². The maximum atomic E-state index is 12.9. The highest BCUT2D eigenvalue weighted by Crippen LogP contribution is 2.29. The van der Waals surface area contributed by atoms with Gasteiger partial charge in [0.15, 0.2) is 0 Å². The van der Waals surface area contributed by atoms with Gasteiger partial charge in [-0.1, -0.05) is 30.3 Å². The van der Waals surface area contributed by atoms with E-state index in [9.17, 15) is 4.79 Å². The number of carbonyl (C=O) groups excluding carboxylic acids is 1. The van der Waals surface area contributed by atoms with Crippen LogP contribution in [0.2, 0.25) is 0 Å². The molecule has 1 amide bonds. The van der Waals surface area contributed by atoms with Gasteiger partial charge in [-0.25, -0.2) is 9.97 Å². The van der Waals surface area contributed by atoms with Crippen LogP contribution in [0.3, 0.4) is 0 Å². The Morgan fingerprint density at radius 3 is 2.72 bits per heavy atom. The number of aromatic amines is 1. The van der Waals surface area contributed by atoms with Crippen LogP contribution in [0.25, 0.3) is 10.4 Å². The lowest BCUT2D eigenvalue weighted by atomic mass is 9.93. The Hall–Kier alpha value is -2.47. The molecule has 1 N–H and O–H groups in total. The molecule has 0 unspecified atom stereocenters. The first-order valence-corrected chi connectivity index (χ1v) is 9.45. The smallest absolute Gasteiger partial charge is 0.273 e. The molecule has 3 aromatic rings. The van der Waals surface area contributed by atoms with Crippen LogP contribution in [-0.2, 0) is 6.42 Å². The van der Waals surface area contributed by atoms with E-state index in [1.165, 1.54) is 11.3 Å². The maximum Gasteiger partial charge on any atom is 0.273 e. The van der Waals surface area contributed by atoms with Gasteiger partial charge < -0.3 is 9.88 Å². The minimum atomic E-state index is 0.0524. The molecule has 25 heavy (non-hydrogen) atoms. The van der Waals surface area contributed by atoms with Gasteiger partial charge in [0.25, 0.3) is 5.91 Å². The molecule has 0 saturated carbocycles. The number of nitrogens with one attached hydrogen (secondary N) is 1. The molecule has 1 aliphatic rings. The van der Waals surface area contributed by atoms with Crippen LogP contribution in [0.5, 0.6) is 0 Å². The van der Waals surface area contributed by atoms with Crippen LogP contribution >= 0.6 is 11.3 Å². The number of hydrogen-bond donors (Lipinski definition) is 1. The Kier molecular flexibility index (Phi) is 4.61. The molecule has 1 aliphatic heterocycles. The number of hydrogen-bond acceptors (Lipinski definition) is 4. The second-order valence-electron chi connectivity index (χ2n) is 6.37. The molecule has 128 valence electrons. The quantitative estimate of drug-likeness (QED) is 0.780. The summed E-state index contributed by atoms with van der Waals surface area (Å²) in [6.45, 7) is 1.58. The van der Waals surface area contributed by atoms with Crippen molar-refractivity contribution in [3.8, 4) is 10.4 Å². The summed E-state index contributed by atoms with van der Waals surface area (Å²) in [5.74, 6) is 1.67. The van der Waals surface area contributed by atoms with E-state index in [1.807, 2.05) is 41.4 Å². The molecular formula is C19H20N4OS. The summed E-state index contributed by atoms with van der Waals surface area (Å²) in [5, 5.41) is 0. The molecule has 1 saturated heterocycles. The first-order valence-electron chi connectivity index (χ1n) is 8.57. The fourth-order valence-electron chi connectivity index (χ4n) is 3.37. The van der Waals surface area contributed by atoms with Crippen molar-refractivity contribution < 1.29 is 4.79 Å². The number of nitrogens with zero attached hydrogens (tertiary/aromatic N) is 3. The van der Waals surface area contributed by atoms with Crippen LogP contribution in [0, 0.1) is 5.92 Å². The zero-order valence-electron chi connectivity index (χ0n) is 13.9. The number of likely N-dealkylation sites (tertiary alicyclic amines) is 1. The third kappa shape index (κ3) is 3.49. The third-order valence-corrected chi connectivity index (χ3v) is 5.62. The monoisotopic (exact) mass is 352 g/mol. The molecule has 0 radical (unpaired) electrons. The number of benzene rings is 1. The highest BCUT2D eigenvalue weighted by atomic mass is 32.1. The summed E-state index contributed by atoms with van der Waals surface area (Å²) in [5.41, 5.74) is 3.40. The van der Waals surface area contributed by atoms with Gasteiger partial charge in [0.2, 0.25) is 0 Å². The first kappa shape index (κ1) is 16.0. The van der Waals surface area contributed by atoms with Crippen molar-refractivity contribution in [2.75, 3.05) is 13.1 Å². The number of amides is 1. The van der Waals surface area contributed by atoms with Crippen molar-refractivity contribution in [1.82, 2.24) is 19.9 Å². The summed E-state index contributed by atoms with van der Waals surface area (Å²) in [6.07, 6.45) is 6.64. The number of aromatic nitrogens is 3. The van der Waals surface area contributed by atoms with Crippen molar-refractivity contribution in [1.29, 1.82) is 0 Å². The summed E-state index contributed by atoms with van der Waals surface area (Å²) in [6, 6.07) is 10.0. The summed E-state index contributed by atoms with van der Waals surface area (Å²) < 4.78 is 0. The van der Waals surface area contributed by atoms with Crippen LogP contribution in [0.4, 0.5) is 0 Å². The lowest BCUT2D eigenvalue weighted by Gasteiger charge is -2.31. The standard InChI is InChI=1S/C19H20N4OS/c24-19(17-18(25-13-22-17)15-4-2-1-3-5-15)23-10-6-14(7-11-23)12-16-20-8-9-21-16/h1-5,8-9,13-14H,6-7,10-12H2,(H,20,21). The van der Waals surface area contributed by atoms with Crippen molar-refractivity contribution in [2.45, 2.75) is 19.3 Å². The average Bonchev–Trinajstić information content (AvgIpc) is 3.34. The minimum absolute atomic E-state index is 0.0524. The molecule has 0 atom stereocenters. The summed E-state index contributed by atoms with van der Waals surface area (Å²) >= 11 is 1.53. The van der Waals surface area contributed by atoms with Gasteiger partial charge in [0, 0.05) is 31.9 Å². The largest absolute Gasteiger partial charge is 0.349 e. The predicted molar refractivity (Wildman–Crippen MR) is 98.5 cm³/mol. The molecule has 5 nitrogen and oxygen atoms in total. The SMILES string of the molecule is O=C(c1ncsc1-c1ccccc1)N1CCC(Cc2ncc[nH]2)CC1. The lowest BCUT2D eigenvalue weighted by Crippen LogP contribution is -2.39. The van der Waals surface area contributed by atoms with E-state index in [1.54, 1.807) is 11.7 Å². The van der Waals surface area contributed by atoms with Crippen LogP contribution in [-0.4, -0.2) is 38.8 Å². The number of piperidine rings is 1. The van der Waals surface area contributed by atoms with E-state index in [-0.39, 0.29) is 5.91 Å². The molecular weight excluding hydrogens is 332 g/mol. The fraction of sp³-hybridized carbons (Fsp3) is 0.316. The van der Waals surface area contributed by atoms with Crippen molar-refractivity contribution in [2.24, 2.45) is 5.92 Å². The molecule has 0 spiro atoms. The Morgan fingerprint density at radius 1 is 1.20 bits per heavy atom. The Labute approximate surface area is 150 Å². The highest BCUT2D eigenvalue weighted by molar-refractivity contribution is 7.13. The zero-order valence-corrected chi connectivity index (χ0v) is 14.7. The normalized spacial score (nSPS) is 15.4. The van der Waals surface area contributed by atoms with Crippen LogP contribution < -0.4 is 0 Å². The Morgan fingerprint density at radius 2 is 2.00 bits per heavy atom. The van der Waals surface area contributed by atoms with Crippen molar-refractivity contribution >= 4 is 17.2 Å². The number of H-pyrrole nitrogens is 1. The van der Waals surface area contributed by atoms with Gasteiger partial charge >= 0.3 is 0 Å². The van der Waals surface area contributed by atoms with E-state index in [0.717, 1.165) is 48.6 Å². The summed E-state index contributed by atoms with van der Waals surface area (Å²) in [4.78, 5) is 27.7. The minimum Gasteiger partial charge on any atom is -0.349 e. The number of thiazole rings is 1. The van der Waals surface area contributed by atoms with Crippen molar-refractivity contribution in [3.05, 3.63) is 59.8 Å². The van der Waals surface area contributed by atoms with Crippen molar-refractivity contribution in [3.63, 3.8) is 0 Å². The molecule has 6 heteroatoms. The lowest BCUT2D eigenvalue weighted by molar-refractivity contribution is 0.0685. The predicted octanol–water partition coefficient (Wildman–Crippen LogP) is 3.63. The Balaban J connectivity index is 1.42. The Bertz CT molecular complexity index is 820. The van der Waals surface area contributed by atoms with E-state index in [0.29, 0.717) is 11.6 Å². The fourth-order valence-corrected chi connectivity index (χ4v) is 4.15. The van der Waals surface area contributed by atoms with Gasteiger partial charge in [-0.05, 0) is 24.3 Å². The maximum absolute atomic E-state index is 12.9. The number of rotatable bonds is 4. The van der Waals surface area contributed by atoms with Gasteiger partial charge in [0.1, 0.15) is 11.5 Å². The second-order valence-corrected chi connectivity index (χ2v) is 7.23. The highest BCUT2D eigenvalue weighted by Gasteiger charge is 2.27.